The maximum Gasteiger partial charge on any atom is 0.491 e. The lowest BCUT2D eigenvalue weighted by molar-refractivity contribution is -0.189. The van der Waals surface area contributed by atoms with E-state index in [1.165, 1.54) is 31.4 Å². The van der Waals surface area contributed by atoms with Crippen molar-refractivity contribution in [3.8, 4) is 17.6 Å². The predicted octanol–water partition coefficient (Wildman–Crippen LogP) is 2.70. The summed E-state index contributed by atoms with van der Waals surface area (Å²) in [6.07, 6.45) is -2.46. The molecule has 0 saturated heterocycles. The first kappa shape index (κ1) is 14.6. The summed E-state index contributed by atoms with van der Waals surface area (Å²) in [5, 5.41) is 8.35. The number of methoxy groups -OCH3 is 1. The third-order valence-electron chi connectivity index (χ3n) is 1.97. The summed E-state index contributed by atoms with van der Waals surface area (Å²) >= 11 is 0. The molecule has 0 amide bonds. The number of nitrogens with zero attached hydrogens (tertiary/aromatic N) is 1. The number of allylic oxidation sites excluding steroid dienone is 1. The fourth-order valence-electron chi connectivity index (χ4n) is 1.16. The van der Waals surface area contributed by atoms with E-state index >= 15 is 0 Å². The zero-order chi connectivity index (χ0) is 14.5. The summed E-state index contributed by atoms with van der Waals surface area (Å²) in [5.74, 6) is -2.72. The van der Waals surface area contributed by atoms with E-state index in [0.717, 1.165) is 6.07 Å². The van der Waals surface area contributed by atoms with E-state index in [1.54, 1.807) is 6.07 Å². The van der Waals surface area contributed by atoms with E-state index < -0.39 is 12.1 Å². The van der Waals surface area contributed by atoms with Crippen molar-refractivity contribution in [3.63, 3.8) is 0 Å². The van der Waals surface area contributed by atoms with Gasteiger partial charge in [0.1, 0.15) is 0 Å². The quantitative estimate of drug-likeness (QED) is 0.482. The van der Waals surface area contributed by atoms with Crippen LogP contribution in [-0.4, -0.2) is 19.3 Å². The summed E-state index contributed by atoms with van der Waals surface area (Å²) in [7, 11) is 1.22. The molecule has 19 heavy (non-hydrogen) atoms. The van der Waals surface area contributed by atoms with Crippen LogP contribution in [0.25, 0.3) is 6.08 Å². The second kappa shape index (κ2) is 5.91. The highest BCUT2D eigenvalue weighted by atomic mass is 19.4. The summed E-state index contributed by atoms with van der Waals surface area (Å²) < 4.78 is 45.2. The first-order chi connectivity index (χ1) is 8.88. The molecule has 0 N–H and O–H groups in total. The zero-order valence-corrected chi connectivity index (χ0v) is 9.69. The molecule has 1 aromatic carbocycles. The second-order valence-corrected chi connectivity index (χ2v) is 3.26. The Morgan fingerprint density at radius 2 is 2.05 bits per heavy atom. The number of hydrogen-bond acceptors (Lipinski definition) is 4. The van der Waals surface area contributed by atoms with Gasteiger partial charge >= 0.3 is 12.1 Å². The van der Waals surface area contributed by atoms with Gasteiger partial charge in [0, 0.05) is 6.08 Å². The van der Waals surface area contributed by atoms with Crippen LogP contribution in [-0.2, 0) is 4.79 Å². The van der Waals surface area contributed by atoms with Crippen LogP contribution in [0.5, 0.6) is 11.5 Å². The van der Waals surface area contributed by atoms with Crippen molar-refractivity contribution >= 4 is 12.0 Å². The van der Waals surface area contributed by atoms with E-state index in [4.69, 9.17) is 10.00 Å². The van der Waals surface area contributed by atoms with E-state index in [-0.39, 0.29) is 11.5 Å². The Kier molecular flexibility index (Phi) is 4.53. The Morgan fingerprint density at radius 3 is 2.58 bits per heavy atom. The summed E-state index contributed by atoms with van der Waals surface area (Å²) in [6.45, 7) is 0. The molecule has 0 aliphatic rings. The molecule has 0 spiro atoms. The van der Waals surface area contributed by atoms with E-state index in [9.17, 15) is 18.0 Å². The summed E-state index contributed by atoms with van der Waals surface area (Å²) in [4.78, 5) is 10.7. The average Bonchev–Trinajstić information content (AvgIpc) is 2.36. The minimum Gasteiger partial charge on any atom is -0.493 e. The van der Waals surface area contributed by atoms with Crippen LogP contribution in [0.1, 0.15) is 5.56 Å². The lowest BCUT2D eigenvalue weighted by Crippen LogP contribution is -2.28. The van der Waals surface area contributed by atoms with E-state index in [2.05, 4.69) is 4.74 Å². The van der Waals surface area contributed by atoms with Crippen LogP contribution in [0.2, 0.25) is 0 Å². The van der Waals surface area contributed by atoms with Crippen molar-refractivity contribution in [2.24, 2.45) is 0 Å². The van der Waals surface area contributed by atoms with Gasteiger partial charge in [-0.3, -0.25) is 0 Å². The van der Waals surface area contributed by atoms with Crippen LogP contribution in [0.4, 0.5) is 13.2 Å². The van der Waals surface area contributed by atoms with Crippen LogP contribution in [0.15, 0.2) is 24.3 Å². The Bertz CT molecular complexity index is 544. The summed E-state index contributed by atoms with van der Waals surface area (Å²) in [5.41, 5.74) is 0.519. The smallest absolute Gasteiger partial charge is 0.491 e. The topological polar surface area (TPSA) is 59.3 Å². The number of esters is 1. The molecule has 0 heterocycles. The molecular formula is C12H8F3NO3. The number of ether oxygens (including phenoxy) is 2. The van der Waals surface area contributed by atoms with Gasteiger partial charge in [-0.15, -0.1) is 0 Å². The molecule has 0 aromatic heterocycles. The van der Waals surface area contributed by atoms with Crippen molar-refractivity contribution in [2.75, 3.05) is 7.11 Å². The number of halogens is 3. The highest BCUT2D eigenvalue weighted by molar-refractivity contribution is 5.79. The molecule has 0 aliphatic heterocycles. The third kappa shape index (κ3) is 4.03. The molecule has 0 unspecified atom stereocenters. The number of alkyl halides is 3. The molecule has 4 nitrogen and oxygen atoms in total. The molecule has 0 fully saturated rings. The van der Waals surface area contributed by atoms with Crippen molar-refractivity contribution in [3.05, 3.63) is 29.8 Å². The van der Waals surface area contributed by atoms with Crippen LogP contribution in [0.3, 0.4) is 0 Å². The van der Waals surface area contributed by atoms with Gasteiger partial charge in [-0.05, 0) is 23.8 Å². The fraction of sp³-hybridized carbons (Fsp3) is 0.167. The van der Waals surface area contributed by atoms with Crippen LogP contribution in [0, 0.1) is 11.3 Å². The van der Waals surface area contributed by atoms with Gasteiger partial charge < -0.3 is 9.47 Å². The maximum atomic E-state index is 12.1. The van der Waals surface area contributed by atoms with Gasteiger partial charge in [-0.1, -0.05) is 6.07 Å². The van der Waals surface area contributed by atoms with E-state index in [0.29, 0.717) is 5.56 Å². The van der Waals surface area contributed by atoms with Crippen LogP contribution < -0.4 is 9.47 Å². The molecule has 0 radical (unpaired) electrons. The first-order valence-corrected chi connectivity index (χ1v) is 4.91. The molecule has 0 bridgehead atoms. The van der Waals surface area contributed by atoms with E-state index in [1.807, 2.05) is 0 Å². The lowest BCUT2D eigenvalue weighted by atomic mass is 10.2. The van der Waals surface area contributed by atoms with Crippen molar-refractivity contribution in [2.45, 2.75) is 6.18 Å². The molecule has 100 valence electrons. The maximum absolute atomic E-state index is 12.1. The van der Waals surface area contributed by atoms with Gasteiger partial charge in [0.05, 0.1) is 13.2 Å². The number of rotatable bonds is 3. The van der Waals surface area contributed by atoms with Gasteiger partial charge in [0.15, 0.2) is 11.5 Å². The Morgan fingerprint density at radius 1 is 1.37 bits per heavy atom. The van der Waals surface area contributed by atoms with Gasteiger partial charge in [0.2, 0.25) is 0 Å². The highest BCUT2D eigenvalue weighted by Crippen LogP contribution is 2.30. The lowest BCUT2D eigenvalue weighted by Gasteiger charge is -2.11. The minimum absolute atomic E-state index is 0.0438. The monoisotopic (exact) mass is 271 g/mol. The second-order valence-electron chi connectivity index (χ2n) is 3.26. The number of carbonyl (C=O) groups excluding carboxylic acids is 1. The fourth-order valence-corrected chi connectivity index (χ4v) is 1.16. The number of benzene rings is 1. The first-order valence-electron chi connectivity index (χ1n) is 4.91. The molecular weight excluding hydrogens is 263 g/mol. The zero-order valence-electron chi connectivity index (χ0n) is 9.69. The number of carbonyl (C=O) groups is 1. The Labute approximate surface area is 106 Å². The molecule has 1 aromatic rings. The van der Waals surface area contributed by atoms with Crippen molar-refractivity contribution < 1.29 is 27.4 Å². The van der Waals surface area contributed by atoms with Gasteiger partial charge in [0.25, 0.3) is 0 Å². The van der Waals surface area contributed by atoms with Gasteiger partial charge in [-0.2, -0.15) is 18.4 Å². The molecule has 0 saturated carbocycles. The van der Waals surface area contributed by atoms with Crippen molar-refractivity contribution in [1.82, 2.24) is 0 Å². The third-order valence-corrected chi connectivity index (χ3v) is 1.97. The van der Waals surface area contributed by atoms with Crippen LogP contribution >= 0.6 is 0 Å². The Hall–Kier alpha value is -2.49. The SMILES string of the molecule is COc1cc(/C=C\C#N)ccc1OC(=O)C(F)(F)F. The standard InChI is InChI=1S/C12H8F3NO3/c1-18-10-7-8(3-2-6-16)4-5-9(10)19-11(17)12(13,14)15/h2-5,7H,1H3/b3-2-. The molecule has 1 rings (SSSR count). The van der Waals surface area contributed by atoms with Gasteiger partial charge in [-0.25, -0.2) is 4.79 Å². The number of hydrogen-bond donors (Lipinski definition) is 0. The molecule has 0 aliphatic carbocycles. The molecule has 7 heteroatoms. The normalized spacial score (nSPS) is 11.1. The summed E-state index contributed by atoms with van der Waals surface area (Å²) in [6, 6.07) is 5.64. The van der Waals surface area contributed by atoms with Crippen molar-refractivity contribution in [1.29, 1.82) is 5.26 Å². The highest BCUT2D eigenvalue weighted by Gasteiger charge is 2.41. The average molecular weight is 271 g/mol. The minimum atomic E-state index is -5.08. The number of nitriles is 1. The molecule has 0 atom stereocenters. The Balaban J connectivity index is 3.01. The largest absolute Gasteiger partial charge is 0.493 e. The predicted molar refractivity (Wildman–Crippen MR) is 59.3 cm³/mol.